The molecule has 25 heavy (non-hydrogen) atoms. The van der Waals surface area contributed by atoms with Crippen LogP contribution in [0.1, 0.15) is 22.9 Å². The predicted octanol–water partition coefficient (Wildman–Crippen LogP) is 4.94. The lowest BCUT2D eigenvalue weighted by atomic mass is 10.1. The Hall–Kier alpha value is -2.66. The summed E-state index contributed by atoms with van der Waals surface area (Å²) in [6.45, 7) is 4.23. The number of rotatable bonds is 6. The van der Waals surface area contributed by atoms with Gasteiger partial charge in [0.05, 0.1) is 18.3 Å². The summed E-state index contributed by atoms with van der Waals surface area (Å²) >= 11 is 1.58. The third kappa shape index (κ3) is 4.45. The smallest absolute Gasteiger partial charge is 0.230 e. The SMILES string of the molecule is CCc1cccc(C)c1Nc1ccc(NC(=O)Cc2cccs2)nc1. The van der Waals surface area contributed by atoms with Gasteiger partial charge in [-0.05, 0) is 48.1 Å². The highest BCUT2D eigenvalue weighted by Gasteiger charge is 2.07. The summed E-state index contributed by atoms with van der Waals surface area (Å²) in [5, 5.41) is 8.24. The number of nitrogens with zero attached hydrogens (tertiary/aromatic N) is 1. The maximum atomic E-state index is 12.0. The highest BCUT2D eigenvalue weighted by molar-refractivity contribution is 7.10. The van der Waals surface area contributed by atoms with Crippen LogP contribution in [0.4, 0.5) is 17.2 Å². The van der Waals surface area contributed by atoms with Gasteiger partial charge in [-0.2, -0.15) is 0 Å². The van der Waals surface area contributed by atoms with Crippen LogP contribution in [-0.4, -0.2) is 10.9 Å². The Bertz CT molecular complexity index is 842. The fraction of sp³-hybridized carbons (Fsp3) is 0.200. The maximum Gasteiger partial charge on any atom is 0.230 e. The van der Waals surface area contributed by atoms with Crippen molar-refractivity contribution >= 4 is 34.4 Å². The van der Waals surface area contributed by atoms with Gasteiger partial charge in [0, 0.05) is 10.6 Å². The fourth-order valence-electron chi connectivity index (χ4n) is 2.65. The standard InChI is InChI=1S/C20H21N3OS/c1-3-15-7-4-6-14(2)20(15)22-16-9-10-18(21-13-16)23-19(24)12-17-8-5-11-25-17/h4-11,13,22H,3,12H2,1-2H3,(H,21,23,24). The zero-order valence-electron chi connectivity index (χ0n) is 14.4. The number of para-hydroxylation sites is 1. The van der Waals surface area contributed by atoms with E-state index in [-0.39, 0.29) is 5.91 Å². The molecule has 0 radical (unpaired) electrons. The lowest BCUT2D eigenvalue weighted by Crippen LogP contribution is -2.14. The molecule has 4 nitrogen and oxygen atoms in total. The average molecular weight is 351 g/mol. The zero-order chi connectivity index (χ0) is 17.6. The molecule has 0 unspecified atom stereocenters. The number of aryl methyl sites for hydroxylation is 2. The molecular weight excluding hydrogens is 330 g/mol. The Morgan fingerprint density at radius 2 is 2.04 bits per heavy atom. The molecule has 0 saturated carbocycles. The summed E-state index contributed by atoms with van der Waals surface area (Å²) in [6, 6.07) is 13.9. The number of amides is 1. The molecule has 2 heterocycles. The molecule has 5 heteroatoms. The number of benzene rings is 1. The number of anilines is 3. The molecule has 0 spiro atoms. The molecular formula is C20H21N3OS. The topological polar surface area (TPSA) is 54.0 Å². The second-order valence-corrected chi connectivity index (χ2v) is 6.86. The molecule has 3 rings (SSSR count). The number of hydrogen-bond acceptors (Lipinski definition) is 4. The maximum absolute atomic E-state index is 12.0. The lowest BCUT2D eigenvalue weighted by molar-refractivity contribution is -0.115. The zero-order valence-corrected chi connectivity index (χ0v) is 15.2. The van der Waals surface area contributed by atoms with Crippen molar-refractivity contribution in [3.8, 4) is 0 Å². The van der Waals surface area contributed by atoms with E-state index in [0.717, 1.165) is 22.7 Å². The van der Waals surface area contributed by atoms with Crippen LogP contribution in [0.25, 0.3) is 0 Å². The van der Waals surface area contributed by atoms with E-state index in [2.05, 4.69) is 47.7 Å². The van der Waals surface area contributed by atoms with E-state index in [1.807, 2.05) is 29.6 Å². The Labute approximate surface area is 151 Å². The van der Waals surface area contributed by atoms with Crippen molar-refractivity contribution in [1.82, 2.24) is 4.98 Å². The quantitative estimate of drug-likeness (QED) is 0.661. The normalized spacial score (nSPS) is 10.5. The largest absolute Gasteiger partial charge is 0.354 e. The number of aromatic nitrogens is 1. The minimum Gasteiger partial charge on any atom is -0.354 e. The number of thiophene rings is 1. The monoisotopic (exact) mass is 351 g/mol. The van der Waals surface area contributed by atoms with Gasteiger partial charge in [0.15, 0.2) is 0 Å². The third-order valence-electron chi connectivity index (χ3n) is 3.96. The molecule has 2 N–H and O–H groups in total. The fourth-order valence-corrected chi connectivity index (χ4v) is 3.35. The molecule has 0 aliphatic heterocycles. The molecule has 0 bridgehead atoms. The van der Waals surface area contributed by atoms with Crippen LogP contribution in [0.3, 0.4) is 0 Å². The average Bonchev–Trinajstić information content (AvgIpc) is 3.11. The molecule has 0 aliphatic carbocycles. The molecule has 128 valence electrons. The van der Waals surface area contributed by atoms with E-state index in [1.54, 1.807) is 17.5 Å². The summed E-state index contributed by atoms with van der Waals surface area (Å²) < 4.78 is 0. The van der Waals surface area contributed by atoms with Gasteiger partial charge >= 0.3 is 0 Å². The summed E-state index contributed by atoms with van der Waals surface area (Å²) in [5.41, 5.74) is 4.50. The predicted molar refractivity (Wildman–Crippen MR) is 105 cm³/mol. The van der Waals surface area contributed by atoms with Crippen LogP contribution in [0.2, 0.25) is 0 Å². The molecule has 3 aromatic rings. The first-order valence-corrected chi connectivity index (χ1v) is 9.17. The van der Waals surface area contributed by atoms with Crippen LogP contribution in [0.15, 0.2) is 54.0 Å². The van der Waals surface area contributed by atoms with E-state index in [9.17, 15) is 4.79 Å². The van der Waals surface area contributed by atoms with Crippen molar-refractivity contribution in [2.24, 2.45) is 0 Å². The molecule has 0 saturated heterocycles. The molecule has 1 aromatic carbocycles. The van der Waals surface area contributed by atoms with Crippen LogP contribution >= 0.6 is 11.3 Å². The van der Waals surface area contributed by atoms with Gasteiger partial charge in [-0.3, -0.25) is 4.79 Å². The highest BCUT2D eigenvalue weighted by Crippen LogP contribution is 2.25. The Morgan fingerprint density at radius 1 is 1.16 bits per heavy atom. The Balaban J connectivity index is 1.65. The number of hydrogen-bond donors (Lipinski definition) is 2. The van der Waals surface area contributed by atoms with Gasteiger partial charge in [0.1, 0.15) is 5.82 Å². The van der Waals surface area contributed by atoms with Gasteiger partial charge in [-0.25, -0.2) is 4.98 Å². The van der Waals surface area contributed by atoms with Crippen molar-refractivity contribution in [3.05, 3.63) is 70.0 Å². The van der Waals surface area contributed by atoms with E-state index >= 15 is 0 Å². The van der Waals surface area contributed by atoms with Crippen LogP contribution in [0.5, 0.6) is 0 Å². The second-order valence-electron chi connectivity index (χ2n) is 5.82. The van der Waals surface area contributed by atoms with Gasteiger partial charge in [-0.15, -0.1) is 11.3 Å². The summed E-state index contributed by atoms with van der Waals surface area (Å²) in [4.78, 5) is 17.4. The van der Waals surface area contributed by atoms with Crippen LogP contribution in [0, 0.1) is 6.92 Å². The first kappa shape index (κ1) is 17.2. The summed E-state index contributed by atoms with van der Waals surface area (Å²) in [7, 11) is 0. The van der Waals surface area contributed by atoms with Gasteiger partial charge in [-0.1, -0.05) is 31.2 Å². The Morgan fingerprint density at radius 3 is 2.72 bits per heavy atom. The lowest BCUT2D eigenvalue weighted by Gasteiger charge is -2.14. The van der Waals surface area contributed by atoms with Crippen LogP contribution < -0.4 is 10.6 Å². The third-order valence-corrected chi connectivity index (χ3v) is 4.83. The van der Waals surface area contributed by atoms with Crippen LogP contribution in [-0.2, 0) is 17.6 Å². The molecule has 0 aliphatic rings. The van der Waals surface area contributed by atoms with E-state index in [1.165, 1.54) is 11.1 Å². The first-order valence-electron chi connectivity index (χ1n) is 8.29. The van der Waals surface area contributed by atoms with E-state index in [4.69, 9.17) is 0 Å². The number of pyridine rings is 1. The van der Waals surface area contributed by atoms with Gasteiger partial charge < -0.3 is 10.6 Å². The van der Waals surface area contributed by atoms with Gasteiger partial charge in [0.2, 0.25) is 5.91 Å². The number of carbonyl (C=O) groups excluding carboxylic acids is 1. The van der Waals surface area contributed by atoms with Crippen molar-refractivity contribution in [2.75, 3.05) is 10.6 Å². The minimum absolute atomic E-state index is 0.0529. The molecule has 2 aromatic heterocycles. The molecule has 0 fully saturated rings. The number of nitrogens with one attached hydrogen (secondary N) is 2. The first-order chi connectivity index (χ1) is 12.2. The van der Waals surface area contributed by atoms with Crippen molar-refractivity contribution in [3.63, 3.8) is 0 Å². The second kappa shape index (κ2) is 7.94. The van der Waals surface area contributed by atoms with Crippen molar-refractivity contribution in [1.29, 1.82) is 0 Å². The summed E-state index contributed by atoms with van der Waals surface area (Å²) in [6.07, 6.45) is 3.09. The highest BCUT2D eigenvalue weighted by atomic mass is 32.1. The van der Waals surface area contributed by atoms with Gasteiger partial charge in [0.25, 0.3) is 0 Å². The van der Waals surface area contributed by atoms with Crippen molar-refractivity contribution < 1.29 is 4.79 Å². The minimum atomic E-state index is -0.0529. The number of carbonyl (C=O) groups is 1. The molecule has 1 amide bonds. The van der Waals surface area contributed by atoms with E-state index < -0.39 is 0 Å². The van der Waals surface area contributed by atoms with Crippen molar-refractivity contribution in [2.45, 2.75) is 26.7 Å². The molecule has 0 atom stereocenters. The van der Waals surface area contributed by atoms with E-state index in [0.29, 0.717) is 12.2 Å². The Kier molecular flexibility index (Phi) is 5.46. The summed E-state index contributed by atoms with van der Waals surface area (Å²) in [5.74, 6) is 0.510.